The number of ether oxygens (including phenoxy) is 2. The molecule has 2 aromatic carbocycles. The molecule has 0 saturated heterocycles. The van der Waals surface area contributed by atoms with Gasteiger partial charge in [-0.25, -0.2) is 4.68 Å². The van der Waals surface area contributed by atoms with E-state index in [0.717, 1.165) is 41.5 Å². The second kappa shape index (κ2) is 6.41. The summed E-state index contributed by atoms with van der Waals surface area (Å²) in [5.41, 5.74) is 6.63. The van der Waals surface area contributed by atoms with Crippen LogP contribution in [0, 0.1) is 13.8 Å². The van der Waals surface area contributed by atoms with Gasteiger partial charge in [0.05, 0.1) is 19.9 Å². The third-order valence-electron chi connectivity index (χ3n) is 4.90. The molecule has 26 heavy (non-hydrogen) atoms. The molecule has 0 saturated carbocycles. The Bertz CT molecular complexity index is 976. The summed E-state index contributed by atoms with van der Waals surface area (Å²) < 4.78 is 13.1. The Morgan fingerprint density at radius 1 is 1.08 bits per heavy atom. The standard InChI is InChI=1S/C21H23N3O2/c1-13-8-9-14(2)17(12-13)24-21-16(10-11-22-21)19(23-24)15-6-5-7-18(25-3)20(15)26-4/h5-9,12,22H,10-11H2,1-4H3. The van der Waals surface area contributed by atoms with Crippen molar-refractivity contribution in [3.05, 3.63) is 53.1 Å². The molecule has 0 fully saturated rings. The van der Waals surface area contributed by atoms with Crippen LogP contribution in [0.25, 0.3) is 16.9 Å². The molecule has 0 bridgehead atoms. The third kappa shape index (κ3) is 2.51. The van der Waals surface area contributed by atoms with E-state index < -0.39 is 0 Å². The Morgan fingerprint density at radius 2 is 1.92 bits per heavy atom. The predicted octanol–water partition coefficient (Wildman–Crippen LogP) is 4.14. The fourth-order valence-corrected chi connectivity index (χ4v) is 3.59. The predicted molar refractivity (Wildman–Crippen MR) is 104 cm³/mol. The van der Waals surface area contributed by atoms with E-state index in [4.69, 9.17) is 14.6 Å². The van der Waals surface area contributed by atoms with Crippen LogP contribution >= 0.6 is 0 Å². The molecule has 1 aromatic heterocycles. The highest BCUT2D eigenvalue weighted by Crippen LogP contribution is 2.42. The molecular formula is C21H23N3O2. The van der Waals surface area contributed by atoms with Gasteiger partial charge in [0.1, 0.15) is 11.5 Å². The Morgan fingerprint density at radius 3 is 2.69 bits per heavy atom. The second-order valence-corrected chi connectivity index (χ2v) is 6.60. The number of para-hydroxylation sites is 1. The van der Waals surface area contributed by atoms with Crippen LogP contribution in [0.1, 0.15) is 16.7 Å². The van der Waals surface area contributed by atoms with Crippen LogP contribution in [0.4, 0.5) is 5.82 Å². The fraction of sp³-hybridized carbons (Fsp3) is 0.286. The molecule has 4 rings (SSSR count). The van der Waals surface area contributed by atoms with Gasteiger partial charge in [-0.05, 0) is 49.6 Å². The van der Waals surface area contributed by atoms with Gasteiger partial charge in [-0.15, -0.1) is 0 Å². The van der Waals surface area contributed by atoms with Crippen molar-refractivity contribution in [3.8, 4) is 28.4 Å². The van der Waals surface area contributed by atoms with Gasteiger partial charge < -0.3 is 14.8 Å². The van der Waals surface area contributed by atoms with Gasteiger partial charge in [-0.2, -0.15) is 5.10 Å². The molecule has 0 spiro atoms. The highest BCUT2D eigenvalue weighted by Gasteiger charge is 2.27. The lowest BCUT2D eigenvalue weighted by molar-refractivity contribution is 0.356. The van der Waals surface area contributed by atoms with Crippen LogP contribution in [0.2, 0.25) is 0 Å². The number of aryl methyl sites for hydroxylation is 2. The Kier molecular flexibility index (Phi) is 4.07. The summed E-state index contributed by atoms with van der Waals surface area (Å²) in [5, 5.41) is 8.48. The van der Waals surface area contributed by atoms with Gasteiger partial charge in [0.25, 0.3) is 0 Å². The molecule has 1 aliphatic heterocycles. The number of nitrogens with zero attached hydrogens (tertiary/aromatic N) is 2. The summed E-state index contributed by atoms with van der Waals surface area (Å²) in [4.78, 5) is 0. The number of hydrogen-bond acceptors (Lipinski definition) is 4. The van der Waals surface area contributed by atoms with Crippen molar-refractivity contribution in [2.45, 2.75) is 20.3 Å². The lowest BCUT2D eigenvalue weighted by Gasteiger charge is -2.12. The first-order chi connectivity index (χ1) is 12.6. The lowest BCUT2D eigenvalue weighted by atomic mass is 10.0. The average molecular weight is 349 g/mol. The summed E-state index contributed by atoms with van der Waals surface area (Å²) in [6.07, 6.45) is 0.940. The van der Waals surface area contributed by atoms with Crippen LogP contribution < -0.4 is 14.8 Å². The maximum absolute atomic E-state index is 5.64. The van der Waals surface area contributed by atoms with Gasteiger partial charge in [0.2, 0.25) is 0 Å². The maximum atomic E-state index is 5.64. The van der Waals surface area contributed by atoms with Crippen LogP contribution in [-0.2, 0) is 6.42 Å². The number of aromatic nitrogens is 2. The molecule has 3 aromatic rings. The Hall–Kier alpha value is -2.95. The van der Waals surface area contributed by atoms with Gasteiger partial charge in [-0.3, -0.25) is 0 Å². The molecule has 5 heteroatoms. The molecule has 0 atom stereocenters. The Balaban J connectivity index is 1.95. The summed E-state index contributed by atoms with van der Waals surface area (Å²) in [6, 6.07) is 12.4. The second-order valence-electron chi connectivity index (χ2n) is 6.60. The largest absolute Gasteiger partial charge is 0.493 e. The first-order valence-electron chi connectivity index (χ1n) is 8.78. The van der Waals surface area contributed by atoms with Crippen molar-refractivity contribution >= 4 is 5.82 Å². The lowest BCUT2D eigenvalue weighted by Crippen LogP contribution is -2.06. The van der Waals surface area contributed by atoms with Gasteiger partial charge in [-0.1, -0.05) is 18.2 Å². The minimum atomic E-state index is 0.714. The van der Waals surface area contributed by atoms with E-state index in [1.165, 1.54) is 16.7 Å². The van der Waals surface area contributed by atoms with Crippen molar-refractivity contribution in [3.63, 3.8) is 0 Å². The number of anilines is 1. The van der Waals surface area contributed by atoms with Crippen molar-refractivity contribution < 1.29 is 9.47 Å². The third-order valence-corrected chi connectivity index (χ3v) is 4.90. The molecule has 0 aliphatic carbocycles. The zero-order chi connectivity index (χ0) is 18.3. The zero-order valence-electron chi connectivity index (χ0n) is 15.6. The monoisotopic (exact) mass is 349 g/mol. The molecule has 1 aliphatic rings. The van der Waals surface area contributed by atoms with Crippen LogP contribution in [0.3, 0.4) is 0 Å². The van der Waals surface area contributed by atoms with E-state index in [1.54, 1.807) is 14.2 Å². The smallest absolute Gasteiger partial charge is 0.170 e. The summed E-state index contributed by atoms with van der Waals surface area (Å²) in [7, 11) is 3.32. The topological polar surface area (TPSA) is 48.3 Å². The summed E-state index contributed by atoms with van der Waals surface area (Å²) >= 11 is 0. The number of methoxy groups -OCH3 is 2. The van der Waals surface area contributed by atoms with E-state index in [-0.39, 0.29) is 0 Å². The van der Waals surface area contributed by atoms with Crippen molar-refractivity contribution in [1.29, 1.82) is 0 Å². The van der Waals surface area contributed by atoms with Gasteiger partial charge in [0, 0.05) is 17.7 Å². The van der Waals surface area contributed by atoms with Crippen LogP contribution in [-0.4, -0.2) is 30.5 Å². The molecule has 0 amide bonds. The van der Waals surface area contributed by atoms with Gasteiger partial charge in [0.15, 0.2) is 11.5 Å². The first kappa shape index (κ1) is 16.5. The number of hydrogen-bond donors (Lipinski definition) is 1. The van der Waals surface area contributed by atoms with Crippen LogP contribution in [0.5, 0.6) is 11.5 Å². The van der Waals surface area contributed by atoms with E-state index in [9.17, 15) is 0 Å². The molecular weight excluding hydrogens is 326 g/mol. The maximum Gasteiger partial charge on any atom is 0.170 e. The number of rotatable bonds is 4. The van der Waals surface area contributed by atoms with E-state index in [0.29, 0.717) is 5.75 Å². The highest BCUT2D eigenvalue weighted by atomic mass is 16.5. The number of benzene rings is 2. The van der Waals surface area contributed by atoms with E-state index >= 15 is 0 Å². The first-order valence-corrected chi connectivity index (χ1v) is 8.78. The zero-order valence-corrected chi connectivity index (χ0v) is 15.6. The SMILES string of the molecule is COc1cccc(-c2nn(-c3cc(C)ccc3C)c3c2CCN3)c1OC. The molecule has 134 valence electrons. The minimum absolute atomic E-state index is 0.714. The molecule has 0 radical (unpaired) electrons. The van der Waals surface area contributed by atoms with Crippen molar-refractivity contribution in [2.75, 3.05) is 26.1 Å². The minimum Gasteiger partial charge on any atom is -0.493 e. The number of fused-ring (bicyclic) bond motifs is 1. The van der Waals surface area contributed by atoms with E-state index in [1.807, 2.05) is 22.9 Å². The van der Waals surface area contributed by atoms with Crippen LogP contribution in [0.15, 0.2) is 36.4 Å². The molecule has 1 N–H and O–H groups in total. The number of nitrogens with one attached hydrogen (secondary N) is 1. The van der Waals surface area contributed by atoms with E-state index in [2.05, 4.69) is 37.4 Å². The Labute approximate surface area is 153 Å². The summed E-state index contributed by atoms with van der Waals surface area (Å²) in [6.45, 7) is 5.13. The molecule has 2 heterocycles. The fourth-order valence-electron chi connectivity index (χ4n) is 3.59. The van der Waals surface area contributed by atoms with Crippen molar-refractivity contribution in [2.24, 2.45) is 0 Å². The quantitative estimate of drug-likeness (QED) is 0.769. The molecule has 5 nitrogen and oxygen atoms in total. The summed E-state index contributed by atoms with van der Waals surface area (Å²) in [5.74, 6) is 2.50. The average Bonchev–Trinajstić information content (AvgIpc) is 3.25. The normalized spacial score (nSPS) is 12.6. The van der Waals surface area contributed by atoms with Crippen molar-refractivity contribution in [1.82, 2.24) is 9.78 Å². The highest BCUT2D eigenvalue weighted by molar-refractivity contribution is 5.79. The molecule has 0 unspecified atom stereocenters. The van der Waals surface area contributed by atoms with Gasteiger partial charge >= 0.3 is 0 Å².